The van der Waals surface area contributed by atoms with E-state index in [-0.39, 0.29) is 35.8 Å². The van der Waals surface area contributed by atoms with E-state index in [1.807, 2.05) is 24.3 Å². The largest absolute Gasteiger partial charge is 0.383 e. The second-order valence-corrected chi connectivity index (χ2v) is 8.50. The summed E-state index contributed by atoms with van der Waals surface area (Å²) < 4.78 is 6.63. The number of hydrogen-bond acceptors (Lipinski definition) is 5. The van der Waals surface area contributed by atoms with Gasteiger partial charge < -0.3 is 24.8 Å². The Kier molecular flexibility index (Phi) is 6.01. The van der Waals surface area contributed by atoms with Crippen LogP contribution in [-0.2, 0) is 22.5 Å². The fourth-order valence-electron chi connectivity index (χ4n) is 4.19. The predicted molar refractivity (Wildman–Crippen MR) is 118 cm³/mol. The van der Waals surface area contributed by atoms with E-state index >= 15 is 0 Å². The summed E-state index contributed by atoms with van der Waals surface area (Å²) in [5.74, 6) is -1.02. The molecule has 32 heavy (non-hydrogen) atoms. The molecule has 0 spiro atoms. The third-order valence-electron chi connectivity index (χ3n) is 6.10. The molecule has 1 aliphatic heterocycles. The number of aryl methyl sites for hydroxylation is 1. The van der Waals surface area contributed by atoms with Crippen LogP contribution in [-0.4, -0.2) is 64.0 Å². The van der Waals surface area contributed by atoms with Crippen molar-refractivity contribution in [2.75, 3.05) is 25.6 Å². The second-order valence-electron chi connectivity index (χ2n) is 8.50. The fourth-order valence-corrected chi connectivity index (χ4v) is 4.19. The highest BCUT2D eigenvalue weighted by molar-refractivity contribution is 6.11. The monoisotopic (exact) mass is 439 g/mol. The summed E-state index contributed by atoms with van der Waals surface area (Å²) in [4.78, 5) is 45.4. The van der Waals surface area contributed by atoms with E-state index in [9.17, 15) is 14.4 Å². The van der Waals surface area contributed by atoms with Gasteiger partial charge in [-0.25, -0.2) is 4.98 Å². The molecule has 1 aliphatic carbocycles. The molecule has 1 saturated carbocycles. The van der Waals surface area contributed by atoms with Crippen LogP contribution in [0.15, 0.2) is 30.6 Å². The second kappa shape index (κ2) is 8.74. The van der Waals surface area contributed by atoms with E-state index in [2.05, 4.69) is 22.5 Å². The Morgan fingerprint density at radius 1 is 1.25 bits per heavy atom. The highest BCUT2D eigenvalue weighted by atomic mass is 16.5. The van der Waals surface area contributed by atoms with Crippen LogP contribution in [0.25, 0.3) is 0 Å². The lowest BCUT2D eigenvalue weighted by atomic mass is 9.94. The number of benzene rings is 1. The Labute approximate surface area is 187 Å². The van der Waals surface area contributed by atoms with E-state index in [0.29, 0.717) is 18.8 Å². The normalized spacial score (nSPS) is 20.1. The van der Waals surface area contributed by atoms with Gasteiger partial charge >= 0.3 is 0 Å². The van der Waals surface area contributed by atoms with Crippen molar-refractivity contribution >= 4 is 23.4 Å². The Bertz CT molecular complexity index is 1030. The predicted octanol–water partition coefficient (Wildman–Crippen LogP) is 1.84. The van der Waals surface area contributed by atoms with Crippen molar-refractivity contribution in [3.05, 3.63) is 47.5 Å². The maximum atomic E-state index is 13.6. The number of carbonyl (C=O) groups excluding carboxylic acids is 3. The van der Waals surface area contributed by atoms with Gasteiger partial charge in [0.15, 0.2) is 5.69 Å². The van der Waals surface area contributed by atoms with Gasteiger partial charge in [-0.1, -0.05) is 19.1 Å². The first-order valence-corrected chi connectivity index (χ1v) is 11.0. The van der Waals surface area contributed by atoms with Crippen LogP contribution < -0.4 is 10.6 Å². The zero-order valence-corrected chi connectivity index (χ0v) is 18.7. The molecule has 2 aliphatic rings. The molecule has 2 heterocycles. The lowest BCUT2D eigenvalue weighted by molar-refractivity contribution is -0.133. The number of rotatable bonds is 8. The molecule has 9 heteroatoms. The van der Waals surface area contributed by atoms with Crippen LogP contribution in [0, 0.1) is 0 Å². The number of imidazole rings is 1. The molecule has 3 amide bonds. The molecule has 1 fully saturated rings. The van der Waals surface area contributed by atoms with Crippen molar-refractivity contribution in [1.82, 2.24) is 19.8 Å². The molecule has 0 bridgehead atoms. The molecule has 170 valence electrons. The van der Waals surface area contributed by atoms with Crippen LogP contribution in [0.2, 0.25) is 0 Å². The zero-order chi connectivity index (χ0) is 22.9. The van der Waals surface area contributed by atoms with Gasteiger partial charge in [0, 0.05) is 25.4 Å². The Morgan fingerprint density at radius 2 is 1.97 bits per heavy atom. The summed E-state index contributed by atoms with van der Waals surface area (Å²) in [6, 6.07) is 7.55. The molecule has 1 unspecified atom stereocenters. The van der Waals surface area contributed by atoms with E-state index in [0.717, 1.165) is 19.3 Å². The Hall–Kier alpha value is -3.20. The highest BCUT2D eigenvalue weighted by Crippen LogP contribution is 2.38. The molecule has 0 radical (unpaired) electrons. The van der Waals surface area contributed by atoms with Crippen molar-refractivity contribution in [2.24, 2.45) is 0 Å². The molecular formula is C23H29N5O4. The quantitative estimate of drug-likeness (QED) is 0.611. The third-order valence-corrected chi connectivity index (χ3v) is 6.10. The van der Waals surface area contributed by atoms with Gasteiger partial charge in [0.2, 0.25) is 5.91 Å². The first-order chi connectivity index (χ1) is 15.4. The first kappa shape index (κ1) is 22.0. The van der Waals surface area contributed by atoms with Crippen molar-refractivity contribution in [2.45, 2.75) is 51.2 Å². The standard InChI is InChI=1S/C23H29N5O4/c1-4-15-5-7-16(8-6-15)26-20(29)18-19-21(30)28(17-9-10-17)23(2,13-27(19)14-25-18)22(31)24-11-12-32-3/h5-8,14,17H,4,9-13H2,1-3H3,(H,24,31)(H,26,29). The number of hydrogen-bond donors (Lipinski definition) is 2. The van der Waals surface area contributed by atoms with Gasteiger partial charge in [-0.3, -0.25) is 14.4 Å². The SMILES string of the molecule is CCc1ccc(NC(=O)c2ncn3c2C(=O)N(C2CC2)C(C)(C(=O)NCCOC)C3)cc1. The lowest BCUT2D eigenvalue weighted by Gasteiger charge is -2.44. The average molecular weight is 440 g/mol. The Balaban J connectivity index is 1.60. The summed E-state index contributed by atoms with van der Waals surface area (Å²) in [6.45, 7) is 4.81. The van der Waals surface area contributed by atoms with Crippen LogP contribution in [0.3, 0.4) is 0 Å². The van der Waals surface area contributed by atoms with Crippen molar-refractivity contribution in [3.8, 4) is 0 Å². The van der Waals surface area contributed by atoms with Crippen molar-refractivity contribution in [3.63, 3.8) is 0 Å². The molecule has 9 nitrogen and oxygen atoms in total. The van der Waals surface area contributed by atoms with E-state index in [1.54, 1.807) is 23.5 Å². The summed E-state index contributed by atoms with van der Waals surface area (Å²) in [5, 5.41) is 5.68. The number of nitrogens with one attached hydrogen (secondary N) is 2. The number of amides is 3. The van der Waals surface area contributed by atoms with Crippen molar-refractivity contribution in [1.29, 1.82) is 0 Å². The number of ether oxygens (including phenoxy) is 1. The fraction of sp³-hybridized carbons (Fsp3) is 0.478. The highest BCUT2D eigenvalue weighted by Gasteiger charge is 2.53. The van der Waals surface area contributed by atoms with Crippen LogP contribution in [0.1, 0.15) is 53.2 Å². The number of aromatic nitrogens is 2. The van der Waals surface area contributed by atoms with Gasteiger partial charge in [0.1, 0.15) is 11.2 Å². The number of carbonyl (C=O) groups is 3. The van der Waals surface area contributed by atoms with Crippen LogP contribution in [0.4, 0.5) is 5.69 Å². The van der Waals surface area contributed by atoms with E-state index in [1.165, 1.54) is 11.9 Å². The first-order valence-electron chi connectivity index (χ1n) is 11.0. The molecule has 2 N–H and O–H groups in total. The van der Waals surface area contributed by atoms with Crippen LogP contribution >= 0.6 is 0 Å². The number of nitrogens with zero attached hydrogens (tertiary/aromatic N) is 3. The molecule has 2 aromatic rings. The lowest BCUT2D eigenvalue weighted by Crippen LogP contribution is -2.65. The van der Waals surface area contributed by atoms with E-state index in [4.69, 9.17) is 4.74 Å². The summed E-state index contributed by atoms with van der Waals surface area (Å²) in [6.07, 6.45) is 4.05. The molecule has 1 aromatic carbocycles. The van der Waals surface area contributed by atoms with Gasteiger partial charge in [0.05, 0.1) is 19.5 Å². The summed E-state index contributed by atoms with van der Waals surface area (Å²) >= 11 is 0. The summed E-state index contributed by atoms with van der Waals surface area (Å²) in [7, 11) is 1.57. The minimum absolute atomic E-state index is 0.0122. The number of anilines is 1. The minimum atomic E-state index is -1.07. The molecular weight excluding hydrogens is 410 g/mol. The molecule has 4 rings (SSSR count). The number of methoxy groups -OCH3 is 1. The summed E-state index contributed by atoms with van der Waals surface area (Å²) in [5.41, 5.74) is 1.03. The zero-order valence-electron chi connectivity index (χ0n) is 18.7. The van der Waals surface area contributed by atoms with Gasteiger partial charge in [-0.2, -0.15) is 0 Å². The maximum absolute atomic E-state index is 13.6. The Morgan fingerprint density at radius 3 is 2.59 bits per heavy atom. The number of fused-ring (bicyclic) bond motifs is 1. The van der Waals surface area contributed by atoms with Crippen LogP contribution in [0.5, 0.6) is 0 Å². The molecule has 1 aromatic heterocycles. The van der Waals surface area contributed by atoms with Gasteiger partial charge in [0.25, 0.3) is 11.8 Å². The average Bonchev–Trinajstić information content (AvgIpc) is 3.52. The molecule has 0 saturated heterocycles. The van der Waals surface area contributed by atoms with Gasteiger partial charge in [-0.05, 0) is 43.9 Å². The van der Waals surface area contributed by atoms with Crippen molar-refractivity contribution < 1.29 is 19.1 Å². The molecule has 1 atom stereocenters. The maximum Gasteiger partial charge on any atom is 0.276 e. The van der Waals surface area contributed by atoms with E-state index < -0.39 is 11.4 Å². The third kappa shape index (κ3) is 4.00. The topological polar surface area (TPSA) is 106 Å². The smallest absolute Gasteiger partial charge is 0.276 e. The van der Waals surface area contributed by atoms with Gasteiger partial charge in [-0.15, -0.1) is 0 Å². The minimum Gasteiger partial charge on any atom is -0.383 e.